The lowest BCUT2D eigenvalue weighted by atomic mass is 9.95. The molecule has 1 N–H and O–H groups in total. The molecule has 0 saturated heterocycles. The summed E-state index contributed by atoms with van der Waals surface area (Å²) in [4.78, 5) is 12.1. The fourth-order valence-corrected chi connectivity index (χ4v) is 2.15. The van der Waals surface area contributed by atoms with Gasteiger partial charge in [-0.1, -0.05) is 0 Å². The van der Waals surface area contributed by atoms with Gasteiger partial charge in [-0.05, 0) is 47.5 Å². The third-order valence-corrected chi connectivity index (χ3v) is 2.96. The van der Waals surface area contributed by atoms with Crippen LogP contribution in [0, 0.1) is 0 Å². The Hall–Kier alpha value is -0.650. The Balaban J connectivity index is 4.26. The lowest BCUT2D eigenvalue weighted by Crippen LogP contribution is -2.53. The van der Waals surface area contributed by atoms with E-state index in [1.165, 1.54) is 0 Å². The molecule has 0 aromatic heterocycles. The fourth-order valence-electron chi connectivity index (χ4n) is 2.15. The minimum Gasteiger partial charge on any atom is -0.465 e. The molecular formula is C15H31NO4. The normalized spacial score (nSPS) is 15.9. The Morgan fingerprint density at radius 1 is 1.30 bits per heavy atom. The Labute approximate surface area is 123 Å². The molecule has 120 valence electrons. The van der Waals surface area contributed by atoms with Gasteiger partial charge in [0.2, 0.25) is 0 Å². The zero-order valence-electron chi connectivity index (χ0n) is 13.8. The van der Waals surface area contributed by atoms with Gasteiger partial charge in [0.15, 0.2) is 0 Å². The van der Waals surface area contributed by atoms with Gasteiger partial charge < -0.3 is 14.2 Å². The molecule has 20 heavy (non-hydrogen) atoms. The first-order valence-electron chi connectivity index (χ1n) is 7.41. The molecule has 0 saturated carbocycles. The number of ether oxygens (including phenoxy) is 3. The molecule has 0 radical (unpaired) electrons. The van der Waals surface area contributed by atoms with Crippen molar-refractivity contribution in [1.82, 2.24) is 5.32 Å². The molecule has 0 spiro atoms. The number of hydrogen-bond donors (Lipinski definition) is 1. The van der Waals surface area contributed by atoms with Crippen LogP contribution in [0.4, 0.5) is 0 Å². The first kappa shape index (κ1) is 19.4. The summed E-state index contributed by atoms with van der Waals surface area (Å²) in [7, 11) is 1.66. The van der Waals surface area contributed by atoms with Crippen LogP contribution in [0.1, 0.15) is 47.5 Å². The highest BCUT2D eigenvalue weighted by Crippen LogP contribution is 2.16. The van der Waals surface area contributed by atoms with Crippen LogP contribution < -0.4 is 5.32 Å². The van der Waals surface area contributed by atoms with E-state index in [1.54, 1.807) is 7.11 Å². The molecule has 2 unspecified atom stereocenters. The van der Waals surface area contributed by atoms with E-state index < -0.39 is 5.54 Å². The van der Waals surface area contributed by atoms with Crippen molar-refractivity contribution < 1.29 is 19.0 Å². The van der Waals surface area contributed by atoms with Crippen LogP contribution in [-0.4, -0.2) is 50.6 Å². The van der Waals surface area contributed by atoms with Crippen LogP contribution in [0.25, 0.3) is 0 Å². The van der Waals surface area contributed by atoms with Crippen molar-refractivity contribution in [2.45, 2.75) is 65.1 Å². The highest BCUT2D eigenvalue weighted by molar-refractivity contribution is 5.80. The quantitative estimate of drug-likeness (QED) is 0.466. The first-order chi connectivity index (χ1) is 9.35. The number of nitrogens with one attached hydrogen (secondary N) is 1. The van der Waals surface area contributed by atoms with Crippen molar-refractivity contribution in [1.29, 1.82) is 0 Å². The largest absolute Gasteiger partial charge is 0.465 e. The molecule has 0 aromatic rings. The van der Waals surface area contributed by atoms with E-state index in [9.17, 15) is 4.79 Å². The predicted molar refractivity (Wildman–Crippen MR) is 79.8 cm³/mol. The smallest absolute Gasteiger partial charge is 0.326 e. The minimum atomic E-state index is -0.655. The van der Waals surface area contributed by atoms with Gasteiger partial charge in [0.05, 0.1) is 19.3 Å². The third-order valence-electron chi connectivity index (χ3n) is 2.96. The van der Waals surface area contributed by atoms with E-state index in [0.717, 1.165) is 6.42 Å². The van der Waals surface area contributed by atoms with Crippen LogP contribution >= 0.6 is 0 Å². The van der Waals surface area contributed by atoms with Crippen LogP contribution in [-0.2, 0) is 19.0 Å². The summed E-state index contributed by atoms with van der Waals surface area (Å²) >= 11 is 0. The summed E-state index contributed by atoms with van der Waals surface area (Å²) in [5, 5.41) is 3.30. The molecule has 2 atom stereocenters. The maximum Gasteiger partial charge on any atom is 0.326 e. The average Bonchev–Trinajstić information content (AvgIpc) is 2.34. The summed E-state index contributed by atoms with van der Waals surface area (Å²) in [6.45, 7) is 11.3. The zero-order valence-corrected chi connectivity index (χ0v) is 13.8. The van der Waals surface area contributed by atoms with Crippen molar-refractivity contribution in [3.8, 4) is 0 Å². The molecule has 0 fully saturated rings. The van der Waals surface area contributed by atoms with Gasteiger partial charge in [-0.3, -0.25) is 10.1 Å². The molecule has 0 bridgehead atoms. The van der Waals surface area contributed by atoms with E-state index in [4.69, 9.17) is 14.2 Å². The highest BCUT2D eigenvalue weighted by atomic mass is 16.5. The summed E-state index contributed by atoms with van der Waals surface area (Å²) in [5.74, 6) is -0.196. The maximum atomic E-state index is 12.1. The highest BCUT2D eigenvalue weighted by Gasteiger charge is 2.34. The van der Waals surface area contributed by atoms with Crippen molar-refractivity contribution in [2.24, 2.45) is 0 Å². The molecule has 0 aliphatic carbocycles. The second kappa shape index (κ2) is 10.1. The second-order valence-corrected chi connectivity index (χ2v) is 5.59. The third kappa shape index (κ3) is 7.82. The topological polar surface area (TPSA) is 56.8 Å². The van der Waals surface area contributed by atoms with Crippen molar-refractivity contribution in [3.63, 3.8) is 0 Å². The number of carbonyl (C=O) groups is 1. The molecule has 0 aromatic carbocycles. The summed E-state index contributed by atoms with van der Waals surface area (Å²) in [6.07, 6.45) is 1.55. The standard InChI is InChI=1S/C15H31NO4/c1-7-19-14(17)15(5,16-12(2)3)9-8-10-20-13(4)11-18-6/h12-13,16H,7-11H2,1-6H3. The fraction of sp³-hybridized carbons (Fsp3) is 0.933. The molecule has 0 heterocycles. The lowest BCUT2D eigenvalue weighted by molar-refractivity contribution is -0.151. The van der Waals surface area contributed by atoms with Crippen LogP contribution in [0.5, 0.6) is 0 Å². The van der Waals surface area contributed by atoms with Crippen molar-refractivity contribution in [2.75, 3.05) is 26.9 Å². The van der Waals surface area contributed by atoms with Gasteiger partial charge in [-0.25, -0.2) is 0 Å². The summed E-state index contributed by atoms with van der Waals surface area (Å²) < 4.78 is 15.8. The number of carbonyl (C=O) groups excluding carboxylic acids is 1. The maximum absolute atomic E-state index is 12.1. The van der Waals surface area contributed by atoms with Gasteiger partial charge in [-0.15, -0.1) is 0 Å². The number of methoxy groups -OCH3 is 1. The molecular weight excluding hydrogens is 258 g/mol. The summed E-state index contributed by atoms with van der Waals surface area (Å²) in [6, 6.07) is 0.220. The average molecular weight is 289 g/mol. The van der Waals surface area contributed by atoms with Gasteiger partial charge in [0.1, 0.15) is 5.54 Å². The first-order valence-corrected chi connectivity index (χ1v) is 7.41. The van der Waals surface area contributed by atoms with Crippen molar-refractivity contribution in [3.05, 3.63) is 0 Å². The summed E-state index contributed by atoms with van der Waals surface area (Å²) in [5.41, 5.74) is -0.655. The van der Waals surface area contributed by atoms with E-state index in [2.05, 4.69) is 5.32 Å². The second-order valence-electron chi connectivity index (χ2n) is 5.59. The molecule has 0 amide bonds. The van der Waals surface area contributed by atoms with E-state index in [0.29, 0.717) is 26.2 Å². The van der Waals surface area contributed by atoms with Crippen molar-refractivity contribution >= 4 is 5.97 Å². The number of rotatable bonds is 11. The molecule has 5 nitrogen and oxygen atoms in total. The number of hydrogen-bond acceptors (Lipinski definition) is 5. The Kier molecular flexibility index (Phi) is 9.80. The lowest BCUT2D eigenvalue weighted by Gasteiger charge is -2.30. The van der Waals surface area contributed by atoms with E-state index >= 15 is 0 Å². The Morgan fingerprint density at radius 3 is 2.45 bits per heavy atom. The van der Waals surface area contributed by atoms with Gasteiger partial charge in [0, 0.05) is 19.8 Å². The van der Waals surface area contributed by atoms with Crippen LogP contribution in [0.2, 0.25) is 0 Å². The van der Waals surface area contributed by atoms with Crippen LogP contribution in [0.3, 0.4) is 0 Å². The predicted octanol–water partition coefficient (Wildman–Crippen LogP) is 2.14. The van der Waals surface area contributed by atoms with E-state index in [1.807, 2.05) is 34.6 Å². The van der Waals surface area contributed by atoms with Gasteiger partial charge in [-0.2, -0.15) is 0 Å². The Morgan fingerprint density at radius 2 is 1.95 bits per heavy atom. The van der Waals surface area contributed by atoms with Gasteiger partial charge >= 0.3 is 5.97 Å². The van der Waals surface area contributed by atoms with Crippen LogP contribution in [0.15, 0.2) is 0 Å². The SMILES string of the molecule is CCOC(=O)C(C)(CCCOC(C)COC)NC(C)C. The minimum absolute atomic E-state index is 0.0758. The molecule has 0 aliphatic rings. The molecule has 0 aliphatic heterocycles. The van der Waals surface area contributed by atoms with E-state index in [-0.39, 0.29) is 18.1 Å². The monoisotopic (exact) mass is 289 g/mol. The zero-order chi connectivity index (χ0) is 15.6. The molecule has 0 rings (SSSR count). The number of esters is 1. The van der Waals surface area contributed by atoms with Gasteiger partial charge in [0.25, 0.3) is 0 Å². The Bertz CT molecular complexity index is 271. The molecule has 5 heteroatoms.